The number of nitrogens with one attached hydrogen (secondary N) is 2. The largest absolute Gasteiger partial charge is 0.472 e. The number of hydrogen-bond donors (Lipinski definition) is 5. The van der Waals surface area contributed by atoms with Gasteiger partial charge >= 0.3 is 7.82 Å². The first-order valence-corrected chi connectivity index (χ1v) is 25.1. The number of phosphoric ester groups is 1. The highest BCUT2D eigenvalue weighted by Crippen LogP contribution is 2.46. The Hall–Kier alpha value is -4.54. The number of aromatic nitrogens is 2. The molecule has 0 bridgehead atoms. The number of phosphoric acid groups is 1. The number of aryl methyl sites for hydroxylation is 2. The Labute approximate surface area is 390 Å². The molecule has 1 aromatic heterocycles. The van der Waals surface area contributed by atoms with E-state index in [0.717, 1.165) is 44.9 Å². The van der Waals surface area contributed by atoms with E-state index in [4.69, 9.17) is 14.8 Å². The lowest BCUT2D eigenvalue weighted by atomic mass is 9.89. The summed E-state index contributed by atoms with van der Waals surface area (Å²) in [5, 5.41) is 15.8. The molecule has 0 radical (unpaired) electrons. The van der Waals surface area contributed by atoms with Gasteiger partial charge < -0.3 is 35.8 Å². The molecule has 0 aliphatic carbocycles. The predicted molar refractivity (Wildman–Crippen MR) is 250 cm³/mol. The molecule has 1 aliphatic rings. The van der Waals surface area contributed by atoms with Gasteiger partial charge in [0.05, 0.1) is 43.5 Å². The highest BCUT2D eigenvalue weighted by Gasteiger charge is 2.38. The normalized spacial score (nSPS) is 17.0. The quantitative estimate of drug-likeness (QED) is 0.0330. The van der Waals surface area contributed by atoms with Gasteiger partial charge in [0.25, 0.3) is 0 Å². The van der Waals surface area contributed by atoms with Gasteiger partial charge in [-0.2, -0.15) is 0 Å². The van der Waals surface area contributed by atoms with E-state index < -0.39 is 86.2 Å². The smallest absolute Gasteiger partial charge is 0.394 e. The third-order valence-electron chi connectivity index (χ3n) is 12.0. The maximum atomic E-state index is 14.3. The molecule has 18 heteroatoms. The van der Waals surface area contributed by atoms with Crippen molar-refractivity contribution in [2.75, 3.05) is 19.8 Å². The number of Topliss-reactive ketones (excluding diaryl/α,β-unsaturated/α-hetero) is 2. The first-order valence-electron chi connectivity index (χ1n) is 23.6. The second-order valence-electron chi connectivity index (χ2n) is 17.9. The highest BCUT2D eigenvalue weighted by atomic mass is 31.2. The Balaban J connectivity index is 1.76. The number of hydrogen-bond acceptors (Lipinski definition) is 11. The molecule has 2 aromatic rings. The highest BCUT2D eigenvalue weighted by molar-refractivity contribution is 7.47. The van der Waals surface area contributed by atoms with Crippen LogP contribution < -0.4 is 16.4 Å². The Morgan fingerprint density at radius 2 is 1.64 bits per heavy atom. The number of nitrogens with zero attached hydrogens (tertiary/aromatic N) is 3. The molecular weight excluding hydrogens is 868 g/mol. The number of unbranched alkanes of at least 4 members (excludes halogenated alkanes) is 7. The van der Waals surface area contributed by atoms with Crippen molar-refractivity contribution in [1.82, 2.24) is 25.1 Å². The van der Waals surface area contributed by atoms with Crippen LogP contribution in [0.25, 0.3) is 0 Å². The van der Waals surface area contributed by atoms with Crippen LogP contribution in [-0.4, -0.2) is 104 Å². The predicted octanol–water partition coefficient (Wildman–Crippen LogP) is 5.54. The monoisotopic (exact) mass is 943 g/mol. The SMILES string of the molecule is C=CCCCCOP(=O)(O)O[C@H](C)[C@H](CC(=O)[C@H](CO)NC(=O)[C@@H](CC(=O)[C@H](CC(C)C)NC(=O)[C@@H]1CCCN1C(C)=O)Cc1cncn1CCCCCCCCc1ccccc1)C(N)=O. The van der Waals surface area contributed by atoms with Gasteiger partial charge in [0.2, 0.25) is 23.6 Å². The summed E-state index contributed by atoms with van der Waals surface area (Å²) in [6.45, 7) is 10.2. The average molecular weight is 943 g/mol. The van der Waals surface area contributed by atoms with Gasteiger partial charge in [-0.15, -0.1) is 6.58 Å². The molecule has 6 N–H and O–H groups in total. The molecule has 1 unspecified atom stereocenters. The summed E-state index contributed by atoms with van der Waals surface area (Å²) in [6.07, 6.45) is 13.1. The molecule has 1 aliphatic heterocycles. The van der Waals surface area contributed by atoms with E-state index in [1.54, 1.807) is 18.6 Å². The third-order valence-corrected chi connectivity index (χ3v) is 13.1. The zero-order valence-corrected chi connectivity index (χ0v) is 40.3. The van der Waals surface area contributed by atoms with Crippen LogP contribution in [0.15, 0.2) is 55.5 Å². The second kappa shape index (κ2) is 29.3. The number of carbonyl (C=O) groups excluding carboxylic acids is 6. The van der Waals surface area contributed by atoms with E-state index in [0.29, 0.717) is 50.9 Å². The average Bonchev–Trinajstić information content (AvgIpc) is 3.95. The number of benzene rings is 1. The van der Waals surface area contributed by atoms with Gasteiger partial charge in [-0.1, -0.05) is 75.9 Å². The van der Waals surface area contributed by atoms with E-state index in [9.17, 15) is 43.3 Å². The number of carbonyl (C=O) groups is 6. The van der Waals surface area contributed by atoms with Gasteiger partial charge in [-0.05, 0) is 76.2 Å². The van der Waals surface area contributed by atoms with E-state index >= 15 is 0 Å². The van der Waals surface area contributed by atoms with Crippen LogP contribution in [-0.2, 0) is 61.8 Å². The summed E-state index contributed by atoms with van der Waals surface area (Å²) >= 11 is 0. The minimum atomic E-state index is -4.66. The summed E-state index contributed by atoms with van der Waals surface area (Å²) in [4.78, 5) is 96.6. The molecular formula is C48H75N6O11P. The summed E-state index contributed by atoms with van der Waals surface area (Å²) in [5.41, 5.74) is 7.61. The number of amides is 4. The Kier molecular flexibility index (Phi) is 24.7. The third kappa shape index (κ3) is 19.7. The minimum Gasteiger partial charge on any atom is -0.394 e. The van der Waals surface area contributed by atoms with Crippen molar-refractivity contribution < 1.29 is 52.4 Å². The van der Waals surface area contributed by atoms with E-state index in [-0.39, 0.29) is 37.7 Å². The molecule has 66 heavy (non-hydrogen) atoms. The maximum Gasteiger partial charge on any atom is 0.472 e. The van der Waals surface area contributed by atoms with Crippen LogP contribution in [0.2, 0.25) is 0 Å². The molecule has 0 spiro atoms. The molecule has 0 saturated carbocycles. The number of primary amides is 1. The van der Waals surface area contributed by atoms with E-state index in [1.165, 1.54) is 24.3 Å². The number of allylic oxidation sites excluding steroid dienone is 1. The van der Waals surface area contributed by atoms with E-state index in [2.05, 4.69) is 46.5 Å². The van der Waals surface area contributed by atoms with Crippen molar-refractivity contribution in [3.8, 4) is 0 Å². The lowest BCUT2D eigenvalue weighted by Gasteiger charge is -2.27. The first-order chi connectivity index (χ1) is 31.5. The van der Waals surface area contributed by atoms with Gasteiger partial charge in [-0.3, -0.25) is 37.8 Å². The van der Waals surface area contributed by atoms with Crippen molar-refractivity contribution >= 4 is 43.0 Å². The molecule has 368 valence electrons. The second-order valence-corrected chi connectivity index (χ2v) is 19.3. The molecule has 17 nitrogen and oxygen atoms in total. The number of likely N-dealkylation sites (tertiary alicyclic amines) is 1. The molecule has 1 saturated heterocycles. The van der Waals surface area contributed by atoms with Crippen molar-refractivity contribution in [1.29, 1.82) is 0 Å². The Bertz CT molecular complexity index is 1910. The van der Waals surface area contributed by atoms with Crippen LogP contribution in [0.4, 0.5) is 0 Å². The van der Waals surface area contributed by atoms with Crippen LogP contribution in [0.1, 0.15) is 129 Å². The molecule has 2 heterocycles. The number of imidazole rings is 1. The number of aliphatic hydroxyl groups is 1. The van der Waals surface area contributed by atoms with Crippen LogP contribution in [0.5, 0.6) is 0 Å². The Morgan fingerprint density at radius 1 is 0.955 bits per heavy atom. The van der Waals surface area contributed by atoms with Crippen molar-refractivity contribution in [2.24, 2.45) is 23.5 Å². The molecule has 3 rings (SSSR count). The standard InChI is InChI=1S/C48H75N6O11P/c1-6-7-8-18-26-64-66(62,63)65-35(4)40(46(49)59)30-45(58)42(32-55)52-47(60)38(29-44(57)41(27-34(2)3)51-48(61)43-23-19-25-54(43)36(5)56)28-39-31-50-33-53(39)24-17-12-10-9-11-14-20-37-21-15-13-16-22-37/h6,13,15-16,21-22,31,33-35,38,40-43,55H,1,7-12,14,17-20,23-30,32H2,2-5H3,(H2,49,59)(H,51,61)(H,52,60)(H,62,63)/t35-,38-,40+,41+,42+,43+/m1/s1. The number of aliphatic hydroxyl groups excluding tert-OH is 1. The van der Waals surface area contributed by atoms with Gasteiger partial charge in [-0.25, -0.2) is 9.55 Å². The van der Waals surface area contributed by atoms with Crippen molar-refractivity contribution in [3.63, 3.8) is 0 Å². The summed E-state index contributed by atoms with van der Waals surface area (Å²) < 4.78 is 24.8. The fraction of sp³-hybridized carbons (Fsp3) is 0.646. The fourth-order valence-corrected chi connectivity index (χ4v) is 9.25. The summed E-state index contributed by atoms with van der Waals surface area (Å²) in [7, 11) is -4.66. The lowest BCUT2D eigenvalue weighted by molar-refractivity contribution is -0.138. The zero-order chi connectivity index (χ0) is 48.6. The van der Waals surface area contributed by atoms with Gasteiger partial charge in [0.15, 0.2) is 11.6 Å². The number of nitrogens with two attached hydrogens (primary N) is 1. The molecule has 1 aromatic carbocycles. The molecule has 1 fully saturated rings. The minimum absolute atomic E-state index is 0.0284. The Morgan fingerprint density at radius 3 is 2.29 bits per heavy atom. The van der Waals surface area contributed by atoms with Crippen LogP contribution >= 0.6 is 7.82 Å². The van der Waals surface area contributed by atoms with Gasteiger partial charge in [0, 0.05) is 51.2 Å². The lowest BCUT2D eigenvalue weighted by Crippen LogP contribution is -2.52. The first kappa shape index (κ1) is 55.8. The molecule has 7 atom stereocenters. The van der Waals surface area contributed by atoms with E-state index in [1.807, 2.05) is 24.5 Å². The zero-order valence-electron chi connectivity index (χ0n) is 39.4. The maximum absolute atomic E-state index is 14.3. The molecule has 4 amide bonds. The van der Waals surface area contributed by atoms with Crippen LogP contribution in [0, 0.1) is 17.8 Å². The van der Waals surface area contributed by atoms with Gasteiger partial charge in [0.1, 0.15) is 12.1 Å². The van der Waals surface area contributed by atoms with Crippen molar-refractivity contribution in [2.45, 2.75) is 161 Å². The van der Waals surface area contributed by atoms with Crippen LogP contribution in [0.3, 0.4) is 0 Å². The van der Waals surface area contributed by atoms with Crippen molar-refractivity contribution in [3.05, 3.63) is 66.8 Å². The topological polar surface area (TPSA) is 250 Å². The fourth-order valence-electron chi connectivity index (χ4n) is 8.26. The number of rotatable bonds is 34. The summed E-state index contributed by atoms with van der Waals surface area (Å²) in [5.74, 6) is -6.24. The number of ketones is 2. The summed E-state index contributed by atoms with van der Waals surface area (Å²) in [6, 6.07) is 7.17.